The van der Waals surface area contributed by atoms with E-state index in [0.29, 0.717) is 22.4 Å². The second kappa shape index (κ2) is 9.28. The molecule has 2 aromatic rings. The van der Waals surface area contributed by atoms with Gasteiger partial charge in [-0.25, -0.2) is 4.68 Å². The Morgan fingerprint density at radius 2 is 2.07 bits per heavy atom. The third-order valence-corrected chi connectivity index (χ3v) is 5.80. The van der Waals surface area contributed by atoms with Gasteiger partial charge in [0.1, 0.15) is 0 Å². The van der Waals surface area contributed by atoms with Crippen molar-refractivity contribution in [2.45, 2.75) is 39.7 Å². The highest BCUT2D eigenvalue weighted by molar-refractivity contribution is 6.42. The Balaban J connectivity index is 0.00000261. The minimum absolute atomic E-state index is 0. The van der Waals surface area contributed by atoms with Crippen molar-refractivity contribution in [2.24, 2.45) is 5.92 Å². The Morgan fingerprint density at radius 1 is 1.33 bits per heavy atom. The molecule has 0 radical (unpaired) electrons. The van der Waals surface area contributed by atoms with Crippen LogP contribution in [-0.2, 0) is 11.2 Å². The first kappa shape index (κ1) is 22.0. The largest absolute Gasteiger partial charge is 0.353 e. The van der Waals surface area contributed by atoms with Crippen LogP contribution in [0.3, 0.4) is 0 Å². The molecule has 1 fully saturated rings. The topological polar surface area (TPSA) is 59.0 Å². The highest BCUT2D eigenvalue weighted by Crippen LogP contribution is 2.26. The Morgan fingerprint density at radius 3 is 2.74 bits per heavy atom. The summed E-state index contributed by atoms with van der Waals surface area (Å²) in [6.45, 7) is 7.95. The molecule has 1 aromatic heterocycles. The number of nitrogens with one attached hydrogen (secondary N) is 2. The van der Waals surface area contributed by atoms with Crippen molar-refractivity contribution >= 4 is 41.5 Å². The van der Waals surface area contributed by atoms with Gasteiger partial charge in [0.15, 0.2) is 0 Å². The van der Waals surface area contributed by atoms with E-state index in [9.17, 15) is 4.79 Å². The molecule has 0 saturated carbocycles. The van der Waals surface area contributed by atoms with Gasteiger partial charge in [0.05, 0.1) is 27.8 Å². The molecule has 2 N–H and O–H groups in total. The molecule has 1 saturated heterocycles. The summed E-state index contributed by atoms with van der Waals surface area (Å²) >= 11 is 12.1. The van der Waals surface area contributed by atoms with Crippen molar-refractivity contribution in [2.75, 3.05) is 13.1 Å². The van der Waals surface area contributed by atoms with E-state index in [1.165, 1.54) is 0 Å². The molecular formula is C19H25Cl3N4O. The number of benzene rings is 1. The van der Waals surface area contributed by atoms with E-state index < -0.39 is 0 Å². The monoisotopic (exact) mass is 430 g/mol. The molecule has 2 heterocycles. The number of carbonyl (C=O) groups excluding carboxylic acids is 1. The van der Waals surface area contributed by atoms with Gasteiger partial charge in [0, 0.05) is 17.3 Å². The fraction of sp³-hybridized carbons (Fsp3) is 0.474. The molecule has 2 unspecified atom stereocenters. The number of halogens is 3. The van der Waals surface area contributed by atoms with Crippen molar-refractivity contribution in [1.82, 2.24) is 20.4 Å². The summed E-state index contributed by atoms with van der Waals surface area (Å²) in [5.74, 6) is 0.484. The van der Waals surface area contributed by atoms with Crippen LogP contribution in [-0.4, -0.2) is 34.8 Å². The number of aryl methyl sites for hydroxylation is 1. The maximum Gasteiger partial charge on any atom is 0.224 e. The summed E-state index contributed by atoms with van der Waals surface area (Å²) in [6.07, 6.45) is 1.29. The molecule has 0 aliphatic carbocycles. The number of amides is 1. The lowest BCUT2D eigenvalue weighted by Gasteiger charge is -2.30. The van der Waals surface area contributed by atoms with Gasteiger partial charge < -0.3 is 10.6 Å². The number of piperidine rings is 1. The van der Waals surface area contributed by atoms with Crippen LogP contribution in [0.4, 0.5) is 0 Å². The minimum atomic E-state index is 0. The zero-order valence-electron chi connectivity index (χ0n) is 15.7. The zero-order chi connectivity index (χ0) is 18.8. The van der Waals surface area contributed by atoms with Crippen molar-refractivity contribution in [3.05, 3.63) is 45.2 Å². The molecular weight excluding hydrogens is 407 g/mol. The summed E-state index contributed by atoms with van der Waals surface area (Å²) in [7, 11) is 0. The third kappa shape index (κ3) is 4.96. The number of aromatic nitrogens is 2. The van der Waals surface area contributed by atoms with E-state index in [4.69, 9.17) is 23.2 Å². The van der Waals surface area contributed by atoms with Crippen LogP contribution < -0.4 is 10.6 Å². The lowest BCUT2D eigenvalue weighted by Crippen LogP contribution is -2.48. The summed E-state index contributed by atoms with van der Waals surface area (Å²) < 4.78 is 1.81. The van der Waals surface area contributed by atoms with Gasteiger partial charge in [-0.15, -0.1) is 12.4 Å². The van der Waals surface area contributed by atoms with E-state index in [0.717, 1.165) is 42.1 Å². The molecule has 1 aliphatic rings. The predicted octanol–water partition coefficient (Wildman–Crippen LogP) is 3.87. The summed E-state index contributed by atoms with van der Waals surface area (Å²) in [4.78, 5) is 12.6. The van der Waals surface area contributed by atoms with Gasteiger partial charge in [0.2, 0.25) is 5.91 Å². The van der Waals surface area contributed by atoms with Gasteiger partial charge in [-0.2, -0.15) is 5.10 Å². The van der Waals surface area contributed by atoms with Crippen LogP contribution in [0.1, 0.15) is 30.3 Å². The van der Waals surface area contributed by atoms with Crippen LogP contribution in [0.25, 0.3) is 5.69 Å². The molecule has 2 atom stereocenters. The maximum atomic E-state index is 12.6. The third-order valence-electron chi connectivity index (χ3n) is 5.06. The molecule has 5 nitrogen and oxygen atoms in total. The average molecular weight is 432 g/mol. The van der Waals surface area contributed by atoms with Crippen LogP contribution >= 0.6 is 35.6 Å². The summed E-state index contributed by atoms with van der Waals surface area (Å²) in [5, 5.41) is 12.1. The van der Waals surface area contributed by atoms with Gasteiger partial charge >= 0.3 is 0 Å². The van der Waals surface area contributed by atoms with Gasteiger partial charge in [-0.05, 0) is 57.5 Å². The van der Waals surface area contributed by atoms with Gasteiger partial charge in [-0.1, -0.05) is 30.1 Å². The lowest BCUT2D eigenvalue weighted by atomic mass is 9.95. The number of hydrogen-bond acceptors (Lipinski definition) is 3. The summed E-state index contributed by atoms with van der Waals surface area (Å²) in [5.41, 5.74) is 3.57. The number of nitrogens with zero attached hydrogens (tertiary/aromatic N) is 2. The van der Waals surface area contributed by atoms with Crippen LogP contribution in [0.2, 0.25) is 10.0 Å². The quantitative estimate of drug-likeness (QED) is 0.772. The number of rotatable bonds is 4. The SMILES string of the molecule is Cc1nn(-c2ccc(Cl)c(Cl)c2)c(C)c1CC(=O)NC1CCNCC1C.Cl. The van der Waals surface area contributed by atoms with Crippen molar-refractivity contribution < 1.29 is 4.79 Å². The van der Waals surface area contributed by atoms with Crippen LogP contribution in [0.15, 0.2) is 18.2 Å². The first-order valence-corrected chi connectivity index (χ1v) is 9.63. The Bertz CT molecular complexity index is 822. The smallest absolute Gasteiger partial charge is 0.224 e. The van der Waals surface area contributed by atoms with Crippen molar-refractivity contribution in [1.29, 1.82) is 0 Å². The normalized spacial score (nSPS) is 19.4. The molecule has 1 amide bonds. The molecule has 1 aliphatic heterocycles. The minimum Gasteiger partial charge on any atom is -0.353 e. The molecule has 148 valence electrons. The van der Waals surface area contributed by atoms with Crippen molar-refractivity contribution in [3.63, 3.8) is 0 Å². The van der Waals surface area contributed by atoms with E-state index >= 15 is 0 Å². The molecule has 0 spiro atoms. The van der Waals surface area contributed by atoms with E-state index in [2.05, 4.69) is 22.7 Å². The number of hydrogen-bond donors (Lipinski definition) is 2. The van der Waals surface area contributed by atoms with E-state index in [1.807, 2.05) is 24.6 Å². The molecule has 27 heavy (non-hydrogen) atoms. The first-order chi connectivity index (χ1) is 12.4. The molecule has 1 aromatic carbocycles. The lowest BCUT2D eigenvalue weighted by molar-refractivity contribution is -0.121. The predicted molar refractivity (Wildman–Crippen MR) is 113 cm³/mol. The zero-order valence-corrected chi connectivity index (χ0v) is 18.0. The average Bonchev–Trinajstić information content (AvgIpc) is 2.87. The Kier molecular flexibility index (Phi) is 7.57. The molecule has 0 bridgehead atoms. The van der Waals surface area contributed by atoms with E-state index in [1.54, 1.807) is 12.1 Å². The van der Waals surface area contributed by atoms with Gasteiger partial charge in [-0.3, -0.25) is 4.79 Å². The molecule has 3 rings (SSSR count). The second-order valence-corrected chi connectivity index (χ2v) is 7.79. The van der Waals surface area contributed by atoms with Crippen LogP contribution in [0, 0.1) is 19.8 Å². The fourth-order valence-electron chi connectivity index (χ4n) is 3.45. The van der Waals surface area contributed by atoms with E-state index in [-0.39, 0.29) is 24.4 Å². The highest BCUT2D eigenvalue weighted by Gasteiger charge is 2.24. The number of carbonyl (C=O) groups is 1. The van der Waals surface area contributed by atoms with Crippen molar-refractivity contribution in [3.8, 4) is 5.69 Å². The standard InChI is InChI=1S/C19H24Cl2N4O.ClH/c1-11-10-22-7-6-18(11)23-19(26)9-15-12(2)24-25(13(15)3)14-4-5-16(20)17(21)8-14;/h4-5,8,11,18,22H,6-7,9-10H2,1-3H3,(H,23,26);1H. The first-order valence-electron chi connectivity index (χ1n) is 8.87. The fourth-order valence-corrected chi connectivity index (χ4v) is 3.74. The van der Waals surface area contributed by atoms with Gasteiger partial charge in [0.25, 0.3) is 0 Å². The Labute approximate surface area is 176 Å². The highest BCUT2D eigenvalue weighted by atomic mass is 35.5. The second-order valence-electron chi connectivity index (χ2n) is 6.98. The maximum absolute atomic E-state index is 12.6. The molecule has 8 heteroatoms. The van der Waals surface area contributed by atoms with Crippen LogP contribution in [0.5, 0.6) is 0 Å². The summed E-state index contributed by atoms with van der Waals surface area (Å²) in [6, 6.07) is 5.63. The Hall–Kier alpha value is -1.27.